The van der Waals surface area contributed by atoms with Crippen LogP contribution in [0.25, 0.3) is 10.9 Å². The van der Waals surface area contributed by atoms with Crippen molar-refractivity contribution in [3.8, 4) is 5.75 Å². The molecule has 0 unspecified atom stereocenters. The van der Waals surface area contributed by atoms with Gasteiger partial charge in [-0.2, -0.15) is 0 Å². The molecular formula is C19H24N4O3. The average Bonchev–Trinajstić information content (AvgIpc) is 3.07. The third-order valence-electron chi connectivity index (χ3n) is 5.12. The molecule has 1 aromatic heterocycles. The molecule has 1 aromatic carbocycles. The molecule has 2 aliphatic rings. The highest BCUT2D eigenvalue weighted by Gasteiger charge is 2.21. The van der Waals surface area contributed by atoms with E-state index in [0.29, 0.717) is 25.0 Å². The summed E-state index contributed by atoms with van der Waals surface area (Å²) in [6.07, 6.45) is 6.53. The zero-order chi connectivity index (χ0) is 17.9. The maximum atomic E-state index is 11.3. The van der Waals surface area contributed by atoms with Gasteiger partial charge in [-0.25, -0.2) is 9.97 Å². The fraction of sp³-hybridized carbons (Fsp3) is 0.526. The highest BCUT2D eigenvalue weighted by molar-refractivity contribution is 5.80. The lowest BCUT2D eigenvalue weighted by Gasteiger charge is -2.26. The number of benzene rings is 1. The van der Waals surface area contributed by atoms with Gasteiger partial charge in [0.05, 0.1) is 17.7 Å². The van der Waals surface area contributed by atoms with E-state index in [4.69, 9.17) is 4.74 Å². The van der Waals surface area contributed by atoms with Crippen molar-refractivity contribution in [3.63, 3.8) is 0 Å². The fourth-order valence-corrected chi connectivity index (χ4v) is 3.56. The van der Waals surface area contributed by atoms with E-state index in [2.05, 4.69) is 20.6 Å². The van der Waals surface area contributed by atoms with Crippen LogP contribution in [0, 0.1) is 0 Å². The molecule has 138 valence electrons. The third kappa shape index (κ3) is 4.04. The Morgan fingerprint density at radius 1 is 1.23 bits per heavy atom. The molecule has 1 amide bonds. The zero-order valence-electron chi connectivity index (χ0n) is 14.6. The van der Waals surface area contributed by atoms with Gasteiger partial charge in [-0.15, -0.1) is 0 Å². The third-order valence-corrected chi connectivity index (χ3v) is 5.12. The van der Waals surface area contributed by atoms with Gasteiger partial charge in [-0.3, -0.25) is 4.79 Å². The summed E-state index contributed by atoms with van der Waals surface area (Å²) in [5.74, 6) is 1.44. The van der Waals surface area contributed by atoms with Gasteiger partial charge in [-0.1, -0.05) is 0 Å². The van der Waals surface area contributed by atoms with Crippen molar-refractivity contribution in [2.24, 2.45) is 0 Å². The lowest BCUT2D eigenvalue weighted by Crippen LogP contribution is -2.30. The monoisotopic (exact) mass is 356 g/mol. The van der Waals surface area contributed by atoms with E-state index in [9.17, 15) is 9.90 Å². The summed E-state index contributed by atoms with van der Waals surface area (Å²) in [5, 5.41) is 16.8. The number of aliphatic hydroxyl groups excluding tert-OH is 1. The Labute approximate surface area is 152 Å². The number of aliphatic hydroxyl groups is 1. The van der Waals surface area contributed by atoms with Crippen LogP contribution in [-0.4, -0.2) is 45.8 Å². The smallest absolute Gasteiger partial charge is 0.223 e. The normalized spacial score (nSPS) is 25.9. The van der Waals surface area contributed by atoms with Crippen LogP contribution in [0.3, 0.4) is 0 Å². The molecule has 1 saturated carbocycles. The quantitative estimate of drug-likeness (QED) is 0.758. The summed E-state index contributed by atoms with van der Waals surface area (Å²) < 4.78 is 5.82. The predicted molar refractivity (Wildman–Crippen MR) is 98.1 cm³/mol. The number of aromatic nitrogens is 2. The van der Waals surface area contributed by atoms with Crippen molar-refractivity contribution in [2.75, 3.05) is 11.9 Å². The van der Waals surface area contributed by atoms with Crippen molar-refractivity contribution < 1.29 is 14.6 Å². The van der Waals surface area contributed by atoms with Crippen LogP contribution in [-0.2, 0) is 4.79 Å². The summed E-state index contributed by atoms with van der Waals surface area (Å²) in [5.41, 5.74) is 0.825. The number of carbonyl (C=O) groups is 1. The first kappa shape index (κ1) is 17.0. The second kappa shape index (κ2) is 7.45. The number of carbonyl (C=O) groups excluding carboxylic acids is 1. The Bertz CT molecular complexity index is 789. The van der Waals surface area contributed by atoms with E-state index >= 15 is 0 Å². The molecule has 2 heterocycles. The van der Waals surface area contributed by atoms with Crippen LogP contribution >= 0.6 is 0 Å². The largest absolute Gasteiger partial charge is 0.491 e. The number of nitrogens with one attached hydrogen (secondary N) is 2. The van der Waals surface area contributed by atoms with Crippen LogP contribution in [0.1, 0.15) is 38.5 Å². The molecule has 7 nitrogen and oxygen atoms in total. The van der Waals surface area contributed by atoms with E-state index in [-0.39, 0.29) is 18.1 Å². The number of amides is 1. The van der Waals surface area contributed by atoms with Gasteiger partial charge in [0.2, 0.25) is 11.9 Å². The van der Waals surface area contributed by atoms with Crippen molar-refractivity contribution in [1.29, 1.82) is 0 Å². The fourth-order valence-electron chi connectivity index (χ4n) is 3.56. The molecule has 2 fully saturated rings. The van der Waals surface area contributed by atoms with Gasteiger partial charge in [0.1, 0.15) is 12.4 Å². The van der Waals surface area contributed by atoms with Gasteiger partial charge in [0.25, 0.3) is 0 Å². The Balaban J connectivity index is 1.41. The number of fused-ring (bicyclic) bond motifs is 1. The van der Waals surface area contributed by atoms with Crippen LogP contribution in [0.4, 0.5) is 5.95 Å². The van der Waals surface area contributed by atoms with Crippen molar-refractivity contribution in [2.45, 2.75) is 56.7 Å². The summed E-state index contributed by atoms with van der Waals surface area (Å²) in [7, 11) is 0. The Morgan fingerprint density at radius 2 is 2.08 bits per heavy atom. The van der Waals surface area contributed by atoms with Crippen molar-refractivity contribution in [1.82, 2.24) is 15.3 Å². The summed E-state index contributed by atoms with van der Waals surface area (Å²) >= 11 is 0. The molecule has 1 aliphatic carbocycles. The molecule has 4 rings (SSSR count). The molecule has 0 bridgehead atoms. The van der Waals surface area contributed by atoms with Gasteiger partial charge < -0.3 is 20.5 Å². The van der Waals surface area contributed by atoms with Crippen LogP contribution in [0.2, 0.25) is 0 Å². The molecule has 7 heteroatoms. The standard InChI is InChI=1S/C19H24N4O3/c24-15-5-2-13(3-6-15)22-19-20-10-12-1-7-16(9-17(12)23-19)26-11-14-4-8-18(25)21-14/h1,7,9-10,13-15,24H,2-6,8,11H2,(H,21,25)(H,20,22,23)/t13-,14-,15-/m1/s1. The summed E-state index contributed by atoms with van der Waals surface area (Å²) in [6.45, 7) is 0.470. The van der Waals surface area contributed by atoms with Crippen LogP contribution in [0.15, 0.2) is 24.4 Å². The second-order valence-corrected chi connectivity index (χ2v) is 7.18. The van der Waals surface area contributed by atoms with Crippen molar-refractivity contribution in [3.05, 3.63) is 24.4 Å². The van der Waals surface area contributed by atoms with Gasteiger partial charge >= 0.3 is 0 Å². The van der Waals surface area contributed by atoms with E-state index in [0.717, 1.165) is 48.8 Å². The van der Waals surface area contributed by atoms with Crippen molar-refractivity contribution >= 4 is 22.8 Å². The highest BCUT2D eigenvalue weighted by Crippen LogP contribution is 2.23. The molecular weight excluding hydrogens is 332 g/mol. The molecule has 2 aromatic rings. The average molecular weight is 356 g/mol. The van der Waals surface area contributed by atoms with E-state index in [1.54, 1.807) is 0 Å². The molecule has 3 N–H and O–H groups in total. The van der Waals surface area contributed by atoms with Gasteiger partial charge in [0, 0.05) is 30.1 Å². The van der Waals surface area contributed by atoms with E-state index in [1.807, 2.05) is 24.4 Å². The topological polar surface area (TPSA) is 96.4 Å². The van der Waals surface area contributed by atoms with E-state index in [1.165, 1.54) is 0 Å². The molecule has 0 spiro atoms. The maximum Gasteiger partial charge on any atom is 0.223 e. The number of hydrogen-bond acceptors (Lipinski definition) is 6. The predicted octanol–water partition coefficient (Wildman–Crippen LogP) is 2.00. The summed E-state index contributed by atoms with van der Waals surface area (Å²) in [6, 6.07) is 6.14. The van der Waals surface area contributed by atoms with Crippen LogP contribution < -0.4 is 15.4 Å². The Hall–Kier alpha value is -2.41. The number of hydrogen-bond donors (Lipinski definition) is 3. The SMILES string of the molecule is O=C1CC[C@H](COc2ccc3cnc(N[C@H]4CC[C@H](O)CC4)nc3c2)N1. The number of rotatable bonds is 5. The lowest BCUT2D eigenvalue weighted by atomic mass is 9.93. The molecule has 1 aliphatic heterocycles. The number of ether oxygens (including phenoxy) is 1. The molecule has 1 atom stereocenters. The second-order valence-electron chi connectivity index (χ2n) is 7.18. The minimum absolute atomic E-state index is 0.0856. The first-order valence-electron chi connectivity index (χ1n) is 9.29. The number of anilines is 1. The highest BCUT2D eigenvalue weighted by atomic mass is 16.5. The minimum Gasteiger partial charge on any atom is -0.491 e. The summed E-state index contributed by atoms with van der Waals surface area (Å²) in [4.78, 5) is 20.3. The molecule has 0 radical (unpaired) electrons. The number of nitrogens with zero attached hydrogens (tertiary/aromatic N) is 2. The maximum absolute atomic E-state index is 11.3. The van der Waals surface area contributed by atoms with E-state index < -0.39 is 0 Å². The Kier molecular flexibility index (Phi) is 4.88. The Morgan fingerprint density at radius 3 is 2.85 bits per heavy atom. The molecule has 1 saturated heterocycles. The lowest BCUT2D eigenvalue weighted by molar-refractivity contribution is -0.119. The van der Waals surface area contributed by atoms with Gasteiger partial charge in [0.15, 0.2) is 0 Å². The first-order valence-corrected chi connectivity index (χ1v) is 9.29. The molecule has 26 heavy (non-hydrogen) atoms. The zero-order valence-corrected chi connectivity index (χ0v) is 14.6. The first-order chi connectivity index (χ1) is 12.7. The minimum atomic E-state index is -0.171. The van der Waals surface area contributed by atoms with Crippen LogP contribution in [0.5, 0.6) is 5.75 Å². The van der Waals surface area contributed by atoms with Gasteiger partial charge in [-0.05, 0) is 44.2 Å².